The van der Waals surface area contributed by atoms with Crippen molar-refractivity contribution in [2.24, 2.45) is 5.73 Å². The maximum Gasteiger partial charge on any atom is 0.230 e. The van der Waals surface area contributed by atoms with Crippen molar-refractivity contribution in [1.29, 1.82) is 0 Å². The molecule has 1 unspecified atom stereocenters. The maximum absolute atomic E-state index is 5.80. The average Bonchev–Trinajstić information content (AvgIpc) is 2.89. The number of ether oxygens (including phenoxy) is 2. The number of para-hydroxylation sites is 1. The Kier molecular flexibility index (Phi) is 4.88. The highest BCUT2D eigenvalue weighted by Crippen LogP contribution is 2.10. The molecule has 0 aliphatic carbocycles. The van der Waals surface area contributed by atoms with Crippen LogP contribution >= 0.6 is 0 Å². The number of methoxy groups -OCH3 is 1. The molecule has 2 rings (SSSR count). The molecule has 1 heterocycles. The monoisotopic (exact) mass is 263 g/mol. The van der Waals surface area contributed by atoms with E-state index in [4.69, 9.17) is 19.7 Å². The molecular formula is C13H17N3O3. The molecule has 1 aromatic heterocycles. The zero-order chi connectivity index (χ0) is 13.5. The second-order valence-electron chi connectivity index (χ2n) is 4.02. The van der Waals surface area contributed by atoms with E-state index in [2.05, 4.69) is 10.1 Å². The Morgan fingerprint density at radius 3 is 2.84 bits per heavy atom. The molecule has 2 aromatic rings. The Labute approximate surface area is 111 Å². The van der Waals surface area contributed by atoms with Crippen LogP contribution in [0.4, 0.5) is 0 Å². The van der Waals surface area contributed by atoms with E-state index in [1.54, 1.807) is 7.11 Å². The van der Waals surface area contributed by atoms with Crippen LogP contribution in [0, 0.1) is 0 Å². The Balaban J connectivity index is 1.80. The van der Waals surface area contributed by atoms with Gasteiger partial charge in [0.15, 0.2) is 5.82 Å². The van der Waals surface area contributed by atoms with Gasteiger partial charge in [0, 0.05) is 7.11 Å². The van der Waals surface area contributed by atoms with Crippen molar-refractivity contribution in [2.45, 2.75) is 12.5 Å². The third-order valence-corrected chi connectivity index (χ3v) is 2.49. The maximum atomic E-state index is 5.80. The van der Waals surface area contributed by atoms with Crippen LogP contribution in [0.5, 0.6) is 5.75 Å². The molecule has 19 heavy (non-hydrogen) atoms. The summed E-state index contributed by atoms with van der Waals surface area (Å²) in [5.41, 5.74) is 5.80. The van der Waals surface area contributed by atoms with E-state index in [1.165, 1.54) is 0 Å². The number of benzene rings is 1. The molecule has 0 spiro atoms. The van der Waals surface area contributed by atoms with Gasteiger partial charge in [0.25, 0.3) is 0 Å². The van der Waals surface area contributed by atoms with Crippen LogP contribution in [0.15, 0.2) is 34.9 Å². The number of rotatable bonds is 7. The Morgan fingerprint density at radius 1 is 1.32 bits per heavy atom. The number of hydrogen-bond donors (Lipinski definition) is 1. The van der Waals surface area contributed by atoms with E-state index < -0.39 is 0 Å². The quantitative estimate of drug-likeness (QED) is 0.811. The lowest BCUT2D eigenvalue weighted by Crippen LogP contribution is -2.17. The van der Waals surface area contributed by atoms with Crippen LogP contribution < -0.4 is 10.5 Å². The molecule has 0 bridgehead atoms. The van der Waals surface area contributed by atoms with Gasteiger partial charge in [0.05, 0.1) is 25.7 Å². The fourth-order valence-corrected chi connectivity index (χ4v) is 1.55. The van der Waals surface area contributed by atoms with E-state index in [9.17, 15) is 0 Å². The van der Waals surface area contributed by atoms with Gasteiger partial charge >= 0.3 is 0 Å². The molecule has 0 aliphatic heterocycles. The molecule has 1 aromatic carbocycles. The summed E-state index contributed by atoms with van der Waals surface area (Å²) >= 11 is 0. The lowest BCUT2D eigenvalue weighted by Gasteiger charge is -2.03. The van der Waals surface area contributed by atoms with Crippen LogP contribution in [0.2, 0.25) is 0 Å². The Morgan fingerprint density at radius 2 is 2.11 bits per heavy atom. The highest BCUT2D eigenvalue weighted by atomic mass is 16.5. The van der Waals surface area contributed by atoms with Crippen molar-refractivity contribution in [1.82, 2.24) is 10.1 Å². The summed E-state index contributed by atoms with van der Waals surface area (Å²) in [6, 6.07) is 9.21. The van der Waals surface area contributed by atoms with Gasteiger partial charge in [-0.15, -0.1) is 0 Å². The second-order valence-corrected chi connectivity index (χ2v) is 4.02. The minimum Gasteiger partial charge on any atom is -0.493 e. The van der Waals surface area contributed by atoms with Crippen molar-refractivity contribution >= 4 is 0 Å². The fourth-order valence-electron chi connectivity index (χ4n) is 1.55. The molecular weight excluding hydrogens is 246 g/mol. The molecule has 0 fully saturated rings. The van der Waals surface area contributed by atoms with Crippen molar-refractivity contribution < 1.29 is 14.0 Å². The summed E-state index contributed by atoms with van der Waals surface area (Å²) in [6.07, 6.45) is 0.543. The van der Waals surface area contributed by atoms with E-state index in [1.807, 2.05) is 30.3 Å². The number of hydrogen-bond acceptors (Lipinski definition) is 6. The molecule has 0 radical (unpaired) electrons. The number of nitrogens with two attached hydrogens (primary N) is 1. The average molecular weight is 263 g/mol. The van der Waals surface area contributed by atoms with E-state index in [-0.39, 0.29) is 6.04 Å². The van der Waals surface area contributed by atoms with Gasteiger partial charge in [-0.05, 0) is 12.1 Å². The SMILES string of the molecule is COCC(N)c1noc(CCOc2ccccc2)n1. The highest BCUT2D eigenvalue weighted by Gasteiger charge is 2.13. The number of aromatic nitrogens is 2. The zero-order valence-corrected chi connectivity index (χ0v) is 10.8. The predicted molar refractivity (Wildman–Crippen MR) is 68.7 cm³/mol. The molecule has 2 N–H and O–H groups in total. The van der Waals surface area contributed by atoms with Crippen molar-refractivity contribution in [2.75, 3.05) is 20.3 Å². The summed E-state index contributed by atoms with van der Waals surface area (Å²) in [6.45, 7) is 0.838. The van der Waals surface area contributed by atoms with E-state index in [0.717, 1.165) is 5.75 Å². The molecule has 6 heteroatoms. The van der Waals surface area contributed by atoms with Gasteiger partial charge in [0.1, 0.15) is 5.75 Å². The first kappa shape index (κ1) is 13.5. The summed E-state index contributed by atoms with van der Waals surface area (Å²) in [5.74, 6) is 1.78. The normalized spacial score (nSPS) is 12.3. The minimum absolute atomic E-state index is 0.361. The number of nitrogens with zero attached hydrogens (tertiary/aromatic N) is 2. The first-order valence-electron chi connectivity index (χ1n) is 6.04. The van der Waals surface area contributed by atoms with E-state index >= 15 is 0 Å². The van der Waals surface area contributed by atoms with Gasteiger partial charge in [-0.25, -0.2) is 0 Å². The van der Waals surface area contributed by atoms with Crippen LogP contribution in [-0.2, 0) is 11.2 Å². The zero-order valence-electron chi connectivity index (χ0n) is 10.8. The smallest absolute Gasteiger partial charge is 0.230 e. The van der Waals surface area contributed by atoms with Crippen LogP contribution in [-0.4, -0.2) is 30.5 Å². The lowest BCUT2D eigenvalue weighted by atomic mass is 10.3. The molecule has 0 aliphatic rings. The Hall–Kier alpha value is -1.92. The van der Waals surface area contributed by atoms with Crippen molar-refractivity contribution in [3.63, 3.8) is 0 Å². The van der Waals surface area contributed by atoms with Gasteiger partial charge < -0.3 is 19.7 Å². The molecule has 0 saturated carbocycles. The molecule has 1 atom stereocenters. The van der Waals surface area contributed by atoms with Gasteiger partial charge in [-0.1, -0.05) is 23.4 Å². The van der Waals surface area contributed by atoms with E-state index in [0.29, 0.717) is 31.3 Å². The summed E-state index contributed by atoms with van der Waals surface area (Å²) in [7, 11) is 1.58. The first-order valence-corrected chi connectivity index (χ1v) is 6.04. The molecule has 0 amide bonds. The summed E-state index contributed by atoms with van der Waals surface area (Å²) in [4.78, 5) is 4.20. The van der Waals surface area contributed by atoms with Gasteiger partial charge in [-0.3, -0.25) is 0 Å². The molecule has 102 valence electrons. The molecule has 6 nitrogen and oxygen atoms in total. The largest absolute Gasteiger partial charge is 0.493 e. The van der Waals surface area contributed by atoms with Crippen LogP contribution in [0.1, 0.15) is 17.8 Å². The van der Waals surface area contributed by atoms with Crippen molar-refractivity contribution in [3.8, 4) is 5.75 Å². The summed E-state index contributed by atoms with van der Waals surface area (Å²) in [5, 5.41) is 3.81. The topological polar surface area (TPSA) is 83.4 Å². The second kappa shape index (κ2) is 6.86. The summed E-state index contributed by atoms with van der Waals surface area (Å²) < 4.78 is 15.6. The molecule has 0 saturated heterocycles. The Bertz CT molecular complexity index is 487. The van der Waals surface area contributed by atoms with Gasteiger partial charge in [0.2, 0.25) is 5.89 Å². The van der Waals surface area contributed by atoms with Gasteiger partial charge in [-0.2, -0.15) is 4.98 Å². The lowest BCUT2D eigenvalue weighted by molar-refractivity contribution is 0.177. The first-order chi connectivity index (χ1) is 9.29. The van der Waals surface area contributed by atoms with Crippen LogP contribution in [0.25, 0.3) is 0 Å². The van der Waals surface area contributed by atoms with Crippen molar-refractivity contribution in [3.05, 3.63) is 42.0 Å². The minimum atomic E-state index is -0.363. The standard InChI is InChI=1S/C13H17N3O3/c1-17-9-11(14)13-15-12(19-16-13)7-8-18-10-5-3-2-4-6-10/h2-6,11H,7-9,14H2,1H3. The van der Waals surface area contributed by atoms with Crippen LogP contribution in [0.3, 0.4) is 0 Å². The fraction of sp³-hybridized carbons (Fsp3) is 0.385. The third-order valence-electron chi connectivity index (χ3n) is 2.49. The predicted octanol–water partition coefficient (Wildman–Crippen LogP) is 1.34. The third kappa shape index (κ3) is 4.04. The highest BCUT2D eigenvalue weighted by molar-refractivity contribution is 5.20.